The van der Waals surface area contributed by atoms with E-state index < -0.39 is 0 Å². The molecule has 1 aromatic carbocycles. The van der Waals surface area contributed by atoms with Crippen LogP contribution >= 0.6 is 12.2 Å². The van der Waals surface area contributed by atoms with Gasteiger partial charge in [0.05, 0.1) is 10.9 Å². The molecule has 6 heteroatoms. The van der Waals surface area contributed by atoms with Crippen molar-refractivity contribution in [1.29, 1.82) is 0 Å². The van der Waals surface area contributed by atoms with E-state index >= 15 is 0 Å². The summed E-state index contributed by atoms with van der Waals surface area (Å²) in [5.74, 6) is 0.606. The van der Waals surface area contributed by atoms with Gasteiger partial charge in [0.1, 0.15) is 0 Å². The van der Waals surface area contributed by atoms with Crippen LogP contribution in [0.1, 0.15) is 43.5 Å². The van der Waals surface area contributed by atoms with Crippen molar-refractivity contribution in [3.8, 4) is 0 Å². The van der Waals surface area contributed by atoms with E-state index in [9.17, 15) is 9.59 Å². The number of aromatic amines is 1. The van der Waals surface area contributed by atoms with Gasteiger partial charge in [-0.05, 0) is 55.6 Å². The van der Waals surface area contributed by atoms with Gasteiger partial charge in [-0.1, -0.05) is 13.8 Å². The molecular weight excluding hydrogens is 322 g/mol. The molecule has 5 nitrogen and oxygen atoms in total. The maximum atomic E-state index is 12.9. The number of aromatic nitrogens is 2. The quantitative estimate of drug-likeness (QED) is 0.846. The van der Waals surface area contributed by atoms with Gasteiger partial charge in [0.15, 0.2) is 4.77 Å². The molecule has 0 unspecified atom stereocenters. The minimum Gasteiger partial charge on any atom is -0.336 e. The summed E-state index contributed by atoms with van der Waals surface area (Å²) in [6.45, 7) is 5.12. The van der Waals surface area contributed by atoms with Gasteiger partial charge >= 0.3 is 0 Å². The number of benzene rings is 1. The summed E-state index contributed by atoms with van der Waals surface area (Å²) < 4.78 is 1.76. The lowest BCUT2D eigenvalue weighted by Crippen LogP contribution is -2.34. The Morgan fingerprint density at radius 2 is 2.12 bits per heavy atom. The van der Waals surface area contributed by atoms with E-state index in [0.717, 1.165) is 25.8 Å². The van der Waals surface area contributed by atoms with Gasteiger partial charge in [0.25, 0.3) is 11.5 Å². The molecule has 24 heavy (non-hydrogen) atoms. The number of carbonyl (C=O) groups excluding carboxylic acids is 1. The van der Waals surface area contributed by atoms with Crippen LogP contribution < -0.4 is 5.56 Å². The van der Waals surface area contributed by atoms with Crippen LogP contribution in [0.15, 0.2) is 23.0 Å². The van der Waals surface area contributed by atoms with E-state index in [4.69, 9.17) is 12.2 Å². The summed E-state index contributed by atoms with van der Waals surface area (Å²) in [5, 5.41) is 0.544. The average Bonchev–Trinajstić information content (AvgIpc) is 3.37. The Kier molecular flexibility index (Phi) is 4.58. The Hall–Kier alpha value is -1.95. The highest BCUT2D eigenvalue weighted by atomic mass is 32.1. The number of amides is 1. The summed E-state index contributed by atoms with van der Waals surface area (Å²) in [6, 6.07) is 5.57. The molecule has 1 aromatic heterocycles. The smallest absolute Gasteiger partial charge is 0.261 e. The zero-order chi connectivity index (χ0) is 17.4. The zero-order valence-corrected chi connectivity index (χ0v) is 15.2. The predicted octanol–water partition coefficient (Wildman–Crippen LogP) is 3.25. The molecule has 0 bridgehead atoms. The normalized spacial score (nSPS) is 14.3. The lowest BCUT2D eigenvalue weighted by atomic mass is 10.1. The number of hydrogen-bond donors (Lipinski definition) is 1. The maximum Gasteiger partial charge on any atom is 0.261 e. The number of hydrogen-bond acceptors (Lipinski definition) is 3. The van der Waals surface area contributed by atoms with Gasteiger partial charge in [0, 0.05) is 25.2 Å². The van der Waals surface area contributed by atoms with Crippen LogP contribution in [0.3, 0.4) is 0 Å². The first-order valence-corrected chi connectivity index (χ1v) is 8.83. The van der Waals surface area contributed by atoms with E-state index in [0.29, 0.717) is 33.2 Å². The molecule has 1 saturated carbocycles. The fourth-order valence-electron chi connectivity index (χ4n) is 2.84. The second-order valence-electron chi connectivity index (χ2n) is 6.97. The molecule has 1 N–H and O–H groups in total. The van der Waals surface area contributed by atoms with E-state index in [1.54, 1.807) is 25.2 Å². The lowest BCUT2D eigenvalue weighted by Gasteiger charge is -2.23. The van der Waals surface area contributed by atoms with Crippen LogP contribution in [0.4, 0.5) is 0 Å². The summed E-state index contributed by atoms with van der Waals surface area (Å²) >= 11 is 5.16. The van der Waals surface area contributed by atoms with Crippen molar-refractivity contribution in [3.05, 3.63) is 38.9 Å². The van der Waals surface area contributed by atoms with Gasteiger partial charge in [-0.25, -0.2) is 0 Å². The van der Waals surface area contributed by atoms with Crippen molar-refractivity contribution < 1.29 is 4.79 Å². The second-order valence-corrected chi connectivity index (χ2v) is 7.35. The lowest BCUT2D eigenvalue weighted by molar-refractivity contribution is 0.0735. The summed E-state index contributed by atoms with van der Waals surface area (Å²) in [6.07, 6.45) is 3.17. The average molecular weight is 345 g/mol. The maximum absolute atomic E-state index is 12.9. The largest absolute Gasteiger partial charge is 0.336 e. The molecule has 1 aliphatic carbocycles. The Morgan fingerprint density at radius 1 is 1.42 bits per heavy atom. The third-order valence-electron chi connectivity index (χ3n) is 4.54. The van der Waals surface area contributed by atoms with Crippen LogP contribution in [0, 0.1) is 10.7 Å². The molecule has 128 valence electrons. The molecule has 0 aliphatic heterocycles. The number of nitrogens with zero attached hydrogens (tertiary/aromatic N) is 2. The zero-order valence-electron chi connectivity index (χ0n) is 14.3. The summed E-state index contributed by atoms with van der Waals surface area (Å²) in [4.78, 5) is 30.2. The van der Waals surface area contributed by atoms with Gasteiger partial charge in [-0.15, -0.1) is 0 Å². The van der Waals surface area contributed by atoms with Crippen LogP contribution in [0.2, 0.25) is 0 Å². The molecular formula is C18H23N3O2S. The Balaban J connectivity index is 1.95. The van der Waals surface area contributed by atoms with Crippen molar-refractivity contribution in [1.82, 2.24) is 14.5 Å². The van der Waals surface area contributed by atoms with Crippen LogP contribution in [0.5, 0.6) is 0 Å². The van der Waals surface area contributed by atoms with Gasteiger partial charge in [-0.2, -0.15) is 0 Å². The third kappa shape index (κ3) is 3.29. The third-order valence-corrected chi connectivity index (χ3v) is 4.92. The first kappa shape index (κ1) is 16.9. The Labute approximate surface area is 146 Å². The fourth-order valence-corrected chi connectivity index (χ4v) is 3.03. The number of fused-ring (bicyclic) bond motifs is 1. The van der Waals surface area contributed by atoms with E-state index in [1.165, 1.54) is 4.57 Å². The molecule has 1 amide bonds. The minimum absolute atomic E-state index is 0.0417. The van der Waals surface area contributed by atoms with Crippen LogP contribution in [-0.2, 0) is 7.05 Å². The van der Waals surface area contributed by atoms with Crippen molar-refractivity contribution in [3.63, 3.8) is 0 Å². The summed E-state index contributed by atoms with van der Waals surface area (Å²) in [7, 11) is 1.64. The molecule has 0 atom stereocenters. The van der Waals surface area contributed by atoms with E-state index in [1.807, 2.05) is 4.90 Å². The van der Waals surface area contributed by atoms with E-state index in [-0.39, 0.29) is 11.5 Å². The molecule has 2 aromatic rings. The molecule has 3 rings (SSSR count). The molecule has 1 aliphatic rings. The number of rotatable bonds is 5. The second kappa shape index (κ2) is 6.51. The predicted molar refractivity (Wildman–Crippen MR) is 97.9 cm³/mol. The monoisotopic (exact) mass is 345 g/mol. The van der Waals surface area contributed by atoms with Crippen LogP contribution in [-0.4, -0.2) is 32.9 Å². The number of nitrogens with one attached hydrogen (secondary N) is 1. The highest BCUT2D eigenvalue weighted by Gasteiger charge is 2.32. The van der Waals surface area contributed by atoms with Gasteiger partial charge in [0.2, 0.25) is 0 Å². The van der Waals surface area contributed by atoms with Crippen molar-refractivity contribution in [2.45, 2.75) is 39.2 Å². The fraction of sp³-hybridized carbons (Fsp3) is 0.500. The molecule has 0 radical (unpaired) electrons. The van der Waals surface area contributed by atoms with Gasteiger partial charge in [-0.3, -0.25) is 14.2 Å². The van der Waals surface area contributed by atoms with Crippen LogP contribution in [0.25, 0.3) is 10.9 Å². The van der Waals surface area contributed by atoms with E-state index in [2.05, 4.69) is 18.8 Å². The standard InChI is InChI=1S/C18H23N3O2S/c1-11(2)8-9-21(13-5-6-13)16(22)12-4-7-14-15(10-12)19-18(24)20(3)17(14)23/h4,7,10-11,13H,5-6,8-9H2,1-3H3,(H,19,24). The SMILES string of the molecule is CC(C)CCN(C(=O)c1ccc2c(=O)n(C)c(=S)[nH]c2c1)C1CC1. The highest BCUT2D eigenvalue weighted by Crippen LogP contribution is 2.29. The first-order chi connectivity index (χ1) is 11.4. The molecule has 0 saturated heterocycles. The Bertz CT molecular complexity index is 893. The molecule has 1 heterocycles. The molecule has 0 spiro atoms. The van der Waals surface area contributed by atoms with Crippen molar-refractivity contribution >= 4 is 29.0 Å². The number of H-pyrrole nitrogens is 1. The van der Waals surface area contributed by atoms with Crippen molar-refractivity contribution in [2.75, 3.05) is 6.54 Å². The number of carbonyl (C=O) groups is 1. The first-order valence-electron chi connectivity index (χ1n) is 8.42. The highest BCUT2D eigenvalue weighted by molar-refractivity contribution is 7.71. The van der Waals surface area contributed by atoms with Gasteiger partial charge < -0.3 is 9.88 Å². The molecule has 1 fully saturated rings. The topological polar surface area (TPSA) is 58.1 Å². The Morgan fingerprint density at radius 3 is 2.75 bits per heavy atom. The summed E-state index contributed by atoms with van der Waals surface area (Å²) in [5.41, 5.74) is 1.08. The minimum atomic E-state index is -0.147. The van der Waals surface area contributed by atoms with Crippen molar-refractivity contribution in [2.24, 2.45) is 13.0 Å².